The van der Waals surface area contributed by atoms with Crippen molar-refractivity contribution in [1.29, 1.82) is 0 Å². The lowest BCUT2D eigenvalue weighted by atomic mass is 10.1. The van der Waals surface area contributed by atoms with Gasteiger partial charge < -0.3 is 15.1 Å². The molecular weight excluding hydrogens is 269 g/mol. The van der Waals surface area contributed by atoms with Crippen molar-refractivity contribution in [1.82, 2.24) is 9.97 Å². The molecule has 6 heteroatoms. The molecule has 0 unspecified atom stereocenters. The number of aromatic nitrogens is 2. The molecule has 2 heterocycles. The SMILES string of the molecule is CCNc1ncc(F)c(N2CCN(C)c3ccccc32)n1. The Morgan fingerprint density at radius 1 is 1.24 bits per heavy atom. The second-order valence-electron chi connectivity index (χ2n) is 4.96. The largest absolute Gasteiger partial charge is 0.371 e. The normalized spacial score (nSPS) is 14.0. The summed E-state index contributed by atoms with van der Waals surface area (Å²) in [5.41, 5.74) is 2.04. The minimum Gasteiger partial charge on any atom is -0.371 e. The van der Waals surface area contributed by atoms with E-state index in [9.17, 15) is 4.39 Å². The van der Waals surface area contributed by atoms with Gasteiger partial charge in [-0.05, 0) is 19.1 Å². The molecule has 0 amide bonds. The van der Waals surface area contributed by atoms with Crippen LogP contribution in [0.15, 0.2) is 30.5 Å². The van der Waals surface area contributed by atoms with Crippen molar-refractivity contribution in [2.75, 3.05) is 41.8 Å². The zero-order chi connectivity index (χ0) is 14.8. The minimum atomic E-state index is -0.406. The van der Waals surface area contributed by atoms with Crippen molar-refractivity contribution < 1.29 is 4.39 Å². The standard InChI is InChI=1S/C15H18FN5/c1-3-17-15-18-10-11(16)14(19-15)21-9-8-20(2)12-6-4-5-7-13(12)21/h4-7,10H,3,8-9H2,1-2H3,(H,17,18,19). The summed E-state index contributed by atoms with van der Waals surface area (Å²) >= 11 is 0. The molecule has 0 bridgehead atoms. The summed E-state index contributed by atoms with van der Waals surface area (Å²) in [7, 11) is 2.04. The fourth-order valence-electron chi connectivity index (χ4n) is 2.52. The molecule has 0 atom stereocenters. The number of fused-ring (bicyclic) bond motifs is 1. The third kappa shape index (κ3) is 2.49. The highest BCUT2D eigenvalue weighted by molar-refractivity contribution is 5.78. The Balaban J connectivity index is 2.05. The Morgan fingerprint density at radius 2 is 2.00 bits per heavy atom. The van der Waals surface area contributed by atoms with Crippen LogP contribution in [-0.2, 0) is 0 Å². The van der Waals surface area contributed by atoms with Gasteiger partial charge in [-0.1, -0.05) is 12.1 Å². The highest BCUT2D eigenvalue weighted by atomic mass is 19.1. The summed E-state index contributed by atoms with van der Waals surface area (Å²) in [6.45, 7) is 4.16. The van der Waals surface area contributed by atoms with Gasteiger partial charge in [-0.2, -0.15) is 4.98 Å². The average Bonchev–Trinajstić information content (AvgIpc) is 2.51. The molecule has 110 valence electrons. The van der Waals surface area contributed by atoms with Crippen molar-refractivity contribution in [3.8, 4) is 0 Å². The smallest absolute Gasteiger partial charge is 0.224 e. The van der Waals surface area contributed by atoms with Crippen LogP contribution in [0.2, 0.25) is 0 Å². The molecule has 0 saturated carbocycles. The number of rotatable bonds is 3. The van der Waals surface area contributed by atoms with E-state index >= 15 is 0 Å². The van der Waals surface area contributed by atoms with Crippen molar-refractivity contribution in [3.05, 3.63) is 36.3 Å². The monoisotopic (exact) mass is 287 g/mol. The second kappa shape index (κ2) is 5.55. The molecule has 0 fully saturated rings. The number of benzene rings is 1. The molecule has 1 aliphatic rings. The van der Waals surface area contributed by atoms with Crippen LogP contribution in [0.1, 0.15) is 6.92 Å². The van der Waals surface area contributed by atoms with Crippen molar-refractivity contribution >= 4 is 23.1 Å². The molecule has 1 aromatic carbocycles. The van der Waals surface area contributed by atoms with E-state index in [1.165, 1.54) is 6.20 Å². The maximum Gasteiger partial charge on any atom is 0.224 e. The lowest BCUT2D eigenvalue weighted by Gasteiger charge is -2.36. The molecule has 3 rings (SSSR count). The third-order valence-corrected chi connectivity index (χ3v) is 3.56. The Hall–Kier alpha value is -2.37. The maximum absolute atomic E-state index is 14.2. The fourth-order valence-corrected chi connectivity index (χ4v) is 2.52. The molecule has 21 heavy (non-hydrogen) atoms. The molecular formula is C15H18FN5. The summed E-state index contributed by atoms with van der Waals surface area (Å²) in [5, 5.41) is 3.02. The number of para-hydroxylation sites is 2. The van der Waals surface area contributed by atoms with Crippen molar-refractivity contribution in [2.45, 2.75) is 6.92 Å². The quantitative estimate of drug-likeness (QED) is 0.940. The molecule has 0 radical (unpaired) electrons. The predicted octanol–water partition coefficient (Wildman–Crippen LogP) is 2.64. The number of hydrogen-bond donors (Lipinski definition) is 1. The Morgan fingerprint density at radius 3 is 2.76 bits per heavy atom. The van der Waals surface area contributed by atoms with Crippen LogP contribution < -0.4 is 15.1 Å². The Labute approximate surface area is 123 Å². The van der Waals surface area contributed by atoms with Gasteiger partial charge in [0.05, 0.1) is 17.6 Å². The van der Waals surface area contributed by atoms with Crippen LogP contribution in [0.3, 0.4) is 0 Å². The number of nitrogens with zero attached hydrogens (tertiary/aromatic N) is 4. The summed E-state index contributed by atoms with van der Waals surface area (Å²) in [5.74, 6) is 0.364. The lowest BCUT2D eigenvalue weighted by Crippen LogP contribution is -2.37. The zero-order valence-electron chi connectivity index (χ0n) is 12.2. The van der Waals surface area contributed by atoms with E-state index in [-0.39, 0.29) is 0 Å². The number of hydrogen-bond acceptors (Lipinski definition) is 5. The average molecular weight is 287 g/mol. The fraction of sp³-hybridized carbons (Fsp3) is 0.333. The lowest BCUT2D eigenvalue weighted by molar-refractivity contribution is 0.609. The van der Waals surface area contributed by atoms with Crippen LogP contribution >= 0.6 is 0 Å². The van der Waals surface area contributed by atoms with E-state index in [4.69, 9.17) is 0 Å². The van der Waals surface area contributed by atoms with Gasteiger partial charge in [0.15, 0.2) is 11.6 Å². The number of halogens is 1. The Kier molecular flexibility index (Phi) is 3.60. The van der Waals surface area contributed by atoms with E-state index in [0.717, 1.165) is 17.9 Å². The molecule has 1 aromatic heterocycles. The maximum atomic E-state index is 14.2. The van der Waals surface area contributed by atoms with E-state index in [1.807, 2.05) is 43.1 Å². The van der Waals surface area contributed by atoms with Gasteiger partial charge in [0, 0.05) is 26.7 Å². The van der Waals surface area contributed by atoms with Gasteiger partial charge in [0.2, 0.25) is 5.95 Å². The highest BCUT2D eigenvalue weighted by Gasteiger charge is 2.24. The first-order valence-corrected chi connectivity index (χ1v) is 7.05. The first-order valence-electron chi connectivity index (χ1n) is 7.05. The van der Waals surface area contributed by atoms with Crippen molar-refractivity contribution in [2.24, 2.45) is 0 Å². The summed E-state index contributed by atoms with van der Waals surface area (Å²) in [4.78, 5) is 12.4. The van der Waals surface area contributed by atoms with E-state index < -0.39 is 5.82 Å². The van der Waals surface area contributed by atoms with Crippen LogP contribution in [0.25, 0.3) is 0 Å². The third-order valence-electron chi connectivity index (χ3n) is 3.56. The van der Waals surface area contributed by atoms with Crippen LogP contribution in [0.5, 0.6) is 0 Å². The first-order chi connectivity index (χ1) is 10.2. The topological polar surface area (TPSA) is 44.3 Å². The van der Waals surface area contributed by atoms with E-state index in [1.54, 1.807) is 0 Å². The van der Waals surface area contributed by atoms with Crippen LogP contribution in [0.4, 0.5) is 27.5 Å². The van der Waals surface area contributed by atoms with Gasteiger partial charge in [0.1, 0.15) is 0 Å². The molecule has 2 aromatic rings. The summed E-state index contributed by atoms with van der Waals surface area (Å²) < 4.78 is 14.2. The van der Waals surface area contributed by atoms with E-state index in [0.29, 0.717) is 24.9 Å². The minimum absolute atomic E-state index is 0.321. The molecule has 0 saturated heterocycles. The van der Waals surface area contributed by atoms with Gasteiger partial charge >= 0.3 is 0 Å². The first kappa shape index (κ1) is 13.6. The second-order valence-corrected chi connectivity index (χ2v) is 4.96. The highest BCUT2D eigenvalue weighted by Crippen LogP contribution is 2.36. The summed E-state index contributed by atoms with van der Waals surface area (Å²) in [6, 6.07) is 7.96. The van der Waals surface area contributed by atoms with Crippen LogP contribution in [0, 0.1) is 5.82 Å². The molecule has 1 N–H and O–H groups in total. The Bertz CT molecular complexity index is 646. The van der Waals surface area contributed by atoms with Crippen molar-refractivity contribution in [3.63, 3.8) is 0 Å². The number of likely N-dealkylation sites (N-methyl/N-ethyl adjacent to an activating group) is 1. The predicted molar refractivity (Wildman–Crippen MR) is 82.9 cm³/mol. The van der Waals surface area contributed by atoms with Gasteiger partial charge in [-0.25, -0.2) is 9.37 Å². The van der Waals surface area contributed by atoms with Gasteiger partial charge in [-0.15, -0.1) is 0 Å². The van der Waals surface area contributed by atoms with Gasteiger partial charge in [-0.3, -0.25) is 0 Å². The molecule has 0 spiro atoms. The number of nitrogens with one attached hydrogen (secondary N) is 1. The number of anilines is 4. The molecule has 0 aliphatic carbocycles. The molecule has 5 nitrogen and oxygen atoms in total. The summed E-state index contributed by atoms with van der Waals surface area (Å²) in [6.07, 6.45) is 1.22. The van der Waals surface area contributed by atoms with E-state index in [2.05, 4.69) is 20.2 Å². The molecule has 1 aliphatic heterocycles. The van der Waals surface area contributed by atoms with Gasteiger partial charge in [0.25, 0.3) is 0 Å². The zero-order valence-corrected chi connectivity index (χ0v) is 12.2. The van der Waals surface area contributed by atoms with Crippen LogP contribution in [-0.4, -0.2) is 36.6 Å².